The zero-order chi connectivity index (χ0) is 22.6. The molecule has 0 radical (unpaired) electrons. The van der Waals surface area contributed by atoms with E-state index in [0.29, 0.717) is 45.7 Å². The van der Waals surface area contributed by atoms with E-state index >= 15 is 0 Å². The van der Waals surface area contributed by atoms with Crippen molar-refractivity contribution in [2.45, 2.75) is 19.9 Å². The number of benzene rings is 1. The smallest absolute Gasteiger partial charge is 0.284 e. The van der Waals surface area contributed by atoms with Crippen LogP contribution in [0.5, 0.6) is 0 Å². The van der Waals surface area contributed by atoms with Crippen LogP contribution >= 0.6 is 11.6 Å². The second kappa shape index (κ2) is 7.35. The predicted molar refractivity (Wildman–Crippen MR) is 121 cm³/mol. The Morgan fingerprint density at radius 2 is 1.97 bits per heavy atom. The number of nitrogens with two attached hydrogens (primary N) is 1. The SMILES string of the molecule is Cc1nc(N)nc(N2C[C@H](C)C2c2nn3ccc(Cl)c3c(=O)n2-c2ccccc2)c1C#N. The number of hydrogen-bond acceptors (Lipinski definition) is 7. The fourth-order valence-electron chi connectivity index (χ4n) is 4.29. The van der Waals surface area contributed by atoms with Crippen LogP contribution in [0.25, 0.3) is 11.2 Å². The lowest BCUT2D eigenvalue weighted by atomic mass is 9.88. The Morgan fingerprint density at radius 1 is 1.22 bits per heavy atom. The van der Waals surface area contributed by atoms with Gasteiger partial charge in [-0.05, 0) is 25.1 Å². The maximum Gasteiger partial charge on any atom is 0.284 e. The van der Waals surface area contributed by atoms with Gasteiger partial charge >= 0.3 is 0 Å². The topological polar surface area (TPSA) is 118 Å². The molecule has 4 heterocycles. The Balaban J connectivity index is 1.76. The Kier molecular flexibility index (Phi) is 4.60. The van der Waals surface area contributed by atoms with Gasteiger partial charge in [-0.1, -0.05) is 36.7 Å². The van der Waals surface area contributed by atoms with Gasteiger partial charge in [0.1, 0.15) is 17.1 Å². The molecule has 0 spiro atoms. The molecule has 0 amide bonds. The highest BCUT2D eigenvalue weighted by atomic mass is 35.5. The minimum Gasteiger partial charge on any atom is -0.368 e. The normalized spacial score (nSPS) is 17.9. The van der Waals surface area contributed by atoms with Crippen LogP contribution in [-0.2, 0) is 0 Å². The van der Waals surface area contributed by atoms with Crippen LogP contribution in [0.2, 0.25) is 5.02 Å². The summed E-state index contributed by atoms with van der Waals surface area (Å²) in [5, 5.41) is 14.8. The molecule has 2 N–H and O–H groups in total. The van der Waals surface area contributed by atoms with Gasteiger partial charge < -0.3 is 10.6 Å². The summed E-state index contributed by atoms with van der Waals surface area (Å²) in [5.41, 5.74) is 7.47. The summed E-state index contributed by atoms with van der Waals surface area (Å²) in [5.74, 6) is 1.21. The lowest BCUT2D eigenvalue weighted by Crippen LogP contribution is -2.52. The van der Waals surface area contributed by atoms with Crippen LogP contribution in [0, 0.1) is 24.2 Å². The summed E-state index contributed by atoms with van der Waals surface area (Å²) < 4.78 is 3.09. The molecule has 0 aliphatic carbocycles. The molecule has 160 valence electrons. The van der Waals surface area contributed by atoms with Crippen LogP contribution in [-0.4, -0.2) is 30.7 Å². The third-order valence-electron chi connectivity index (χ3n) is 5.77. The minimum atomic E-state index is -0.311. The number of nitriles is 1. The summed E-state index contributed by atoms with van der Waals surface area (Å²) in [6, 6.07) is 12.8. The van der Waals surface area contributed by atoms with Crippen molar-refractivity contribution in [3.05, 3.63) is 75.1 Å². The molecule has 1 aliphatic heterocycles. The third-order valence-corrected chi connectivity index (χ3v) is 6.08. The predicted octanol–water partition coefficient (Wildman–Crippen LogP) is 2.89. The molecule has 1 fully saturated rings. The van der Waals surface area contributed by atoms with Crippen molar-refractivity contribution in [3.8, 4) is 11.8 Å². The van der Waals surface area contributed by atoms with Crippen molar-refractivity contribution in [1.82, 2.24) is 24.1 Å². The van der Waals surface area contributed by atoms with Crippen molar-refractivity contribution >= 4 is 28.9 Å². The molecule has 2 atom stereocenters. The second-order valence-corrected chi connectivity index (χ2v) is 8.25. The molecule has 3 aromatic heterocycles. The highest BCUT2D eigenvalue weighted by Gasteiger charge is 2.43. The summed E-state index contributed by atoms with van der Waals surface area (Å²) in [7, 11) is 0. The van der Waals surface area contributed by atoms with Crippen LogP contribution in [0.3, 0.4) is 0 Å². The van der Waals surface area contributed by atoms with Gasteiger partial charge in [0.15, 0.2) is 11.6 Å². The Morgan fingerprint density at radius 3 is 2.66 bits per heavy atom. The monoisotopic (exact) mass is 446 g/mol. The molecule has 0 bridgehead atoms. The van der Waals surface area contributed by atoms with Crippen molar-refractivity contribution < 1.29 is 0 Å². The average molecular weight is 447 g/mol. The highest BCUT2D eigenvalue weighted by molar-refractivity contribution is 6.33. The quantitative estimate of drug-likeness (QED) is 0.514. The molecule has 1 aliphatic rings. The number of halogens is 1. The molecule has 5 rings (SSSR count). The lowest BCUT2D eigenvalue weighted by Gasteiger charge is -2.47. The van der Waals surface area contributed by atoms with Gasteiger partial charge in [0.2, 0.25) is 5.95 Å². The summed E-state index contributed by atoms with van der Waals surface area (Å²) in [6.45, 7) is 4.42. The highest BCUT2D eigenvalue weighted by Crippen LogP contribution is 2.42. The van der Waals surface area contributed by atoms with Crippen molar-refractivity contribution in [2.75, 3.05) is 17.2 Å². The molecule has 1 saturated heterocycles. The van der Waals surface area contributed by atoms with Crippen molar-refractivity contribution in [3.63, 3.8) is 0 Å². The molecule has 1 aromatic carbocycles. The van der Waals surface area contributed by atoms with Gasteiger partial charge in [-0.3, -0.25) is 9.36 Å². The van der Waals surface area contributed by atoms with E-state index in [1.54, 1.807) is 23.8 Å². The maximum absolute atomic E-state index is 13.6. The Bertz CT molecular complexity index is 1450. The van der Waals surface area contributed by atoms with E-state index in [1.807, 2.05) is 35.2 Å². The maximum atomic E-state index is 13.6. The van der Waals surface area contributed by atoms with Crippen LogP contribution in [0.15, 0.2) is 47.4 Å². The minimum absolute atomic E-state index is 0.0934. The molecule has 9 nitrogen and oxygen atoms in total. The van der Waals surface area contributed by atoms with E-state index in [2.05, 4.69) is 23.0 Å². The van der Waals surface area contributed by atoms with Crippen molar-refractivity contribution in [2.24, 2.45) is 5.92 Å². The van der Waals surface area contributed by atoms with E-state index in [1.165, 1.54) is 4.52 Å². The molecule has 4 aromatic rings. The Labute approximate surface area is 188 Å². The number of para-hydroxylation sites is 1. The third kappa shape index (κ3) is 2.92. The standard InChI is InChI=1S/C22H19ClN8O/c1-12-11-29(19-15(10-24)13(2)26-22(25)27-19)17(12)20-28-30-9-8-16(23)18(30)21(32)31(20)14-6-4-3-5-7-14/h3-9,12,17H,11H2,1-2H3,(H2,25,26,27)/t12-,17?/m0/s1. The van der Waals surface area contributed by atoms with Gasteiger partial charge in [0.25, 0.3) is 5.56 Å². The van der Waals surface area contributed by atoms with E-state index in [-0.39, 0.29) is 23.5 Å². The lowest BCUT2D eigenvalue weighted by molar-refractivity contribution is 0.300. The first-order valence-corrected chi connectivity index (χ1v) is 10.4. The summed E-state index contributed by atoms with van der Waals surface area (Å²) in [6.07, 6.45) is 1.67. The van der Waals surface area contributed by atoms with E-state index in [4.69, 9.17) is 22.4 Å². The summed E-state index contributed by atoms with van der Waals surface area (Å²) >= 11 is 6.29. The van der Waals surface area contributed by atoms with E-state index in [9.17, 15) is 10.1 Å². The fourth-order valence-corrected chi connectivity index (χ4v) is 4.51. The summed E-state index contributed by atoms with van der Waals surface area (Å²) in [4.78, 5) is 24.0. The Hall–Kier alpha value is -3.90. The molecule has 0 saturated carbocycles. The van der Waals surface area contributed by atoms with Crippen LogP contribution < -0.4 is 16.2 Å². The number of aromatic nitrogens is 5. The zero-order valence-corrected chi connectivity index (χ0v) is 18.2. The largest absolute Gasteiger partial charge is 0.368 e. The number of rotatable bonds is 3. The first-order chi connectivity index (χ1) is 15.4. The van der Waals surface area contributed by atoms with Gasteiger partial charge in [-0.15, -0.1) is 0 Å². The number of nitrogens with zero attached hydrogens (tertiary/aromatic N) is 7. The number of anilines is 2. The number of hydrogen-bond donors (Lipinski definition) is 1. The molecule has 32 heavy (non-hydrogen) atoms. The van der Waals surface area contributed by atoms with Crippen molar-refractivity contribution in [1.29, 1.82) is 5.26 Å². The van der Waals surface area contributed by atoms with Gasteiger partial charge in [-0.25, -0.2) is 9.50 Å². The first kappa shape index (κ1) is 20.0. The molecular weight excluding hydrogens is 428 g/mol. The van der Waals surface area contributed by atoms with Gasteiger partial charge in [0, 0.05) is 18.7 Å². The molecule has 1 unspecified atom stereocenters. The van der Waals surface area contributed by atoms with E-state index in [0.717, 1.165) is 0 Å². The van der Waals surface area contributed by atoms with E-state index < -0.39 is 0 Å². The number of fused-ring (bicyclic) bond motifs is 1. The van der Waals surface area contributed by atoms with Crippen LogP contribution in [0.4, 0.5) is 11.8 Å². The first-order valence-electron chi connectivity index (χ1n) is 10.1. The number of aryl methyl sites for hydroxylation is 1. The van der Waals surface area contributed by atoms with Gasteiger partial charge in [-0.2, -0.15) is 15.3 Å². The molecule has 10 heteroatoms. The average Bonchev–Trinajstić information content (AvgIpc) is 3.13. The van der Waals surface area contributed by atoms with Gasteiger partial charge in [0.05, 0.1) is 22.4 Å². The second-order valence-electron chi connectivity index (χ2n) is 7.84. The van der Waals surface area contributed by atoms with Crippen LogP contribution in [0.1, 0.15) is 30.0 Å². The number of nitrogen functional groups attached to an aromatic ring is 1. The zero-order valence-electron chi connectivity index (χ0n) is 17.4. The molecular formula is C22H19ClN8O. The fraction of sp³-hybridized carbons (Fsp3) is 0.227.